The molecule has 146 valence electrons. The first-order valence-electron chi connectivity index (χ1n) is 9.77. The predicted molar refractivity (Wildman–Crippen MR) is 120 cm³/mol. The molecule has 0 radical (unpaired) electrons. The Labute approximate surface area is 175 Å². The molecular weight excluding hydrogens is 376 g/mol. The third-order valence-electron chi connectivity index (χ3n) is 5.43. The minimum Gasteiger partial charge on any atom is -0.319 e. The fourth-order valence-corrected chi connectivity index (χ4v) is 4.73. The predicted octanol–water partition coefficient (Wildman–Crippen LogP) is 5.51. The molecule has 0 N–H and O–H groups in total. The Morgan fingerprint density at radius 1 is 0.931 bits per heavy atom. The van der Waals surface area contributed by atoms with Crippen LogP contribution in [0.5, 0.6) is 0 Å². The lowest BCUT2D eigenvalue weighted by Crippen LogP contribution is -2.15. The number of carbonyl (C=O) groups excluding carboxylic acids is 1. The number of thiazole rings is 1. The van der Waals surface area contributed by atoms with Crippen LogP contribution >= 0.6 is 11.3 Å². The van der Waals surface area contributed by atoms with Crippen LogP contribution in [0.1, 0.15) is 34.6 Å². The Hall–Kier alpha value is -2.98. The molecule has 0 saturated carbocycles. The Kier molecular flexibility index (Phi) is 5.45. The first-order valence-corrected chi connectivity index (χ1v) is 10.6. The van der Waals surface area contributed by atoms with Crippen molar-refractivity contribution >= 4 is 27.5 Å². The molecule has 0 spiro atoms. The lowest BCUT2D eigenvalue weighted by molar-refractivity contribution is -0.118. The average molecular weight is 401 g/mol. The summed E-state index contributed by atoms with van der Waals surface area (Å²) in [5.41, 5.74) is 5.89. The summed E-state index contributed by atoms with van der Waals surface area (Å²) in [4.78, 5) is 18.2. The number of fused-ring (bicyclic) bond motifs is 1. The Bertz CT molecular complexity index is 1180. The van der Waals surface area contributed by atoms with Crippen molar-refractivity contribution in [3.63, 3.8) is 0 Å². The van der Waals surface area contributed by atoms with E-state index in [2.05, 4.69) is 55.2 Å². The van der Waals surface area contributed by atoms with Gasteiger partial charge in [0.25, 0.3) is 0 Å². The van der Waals surface area contributed by atoms with Crippen LogP contribution in [0.25, 0.3) is 10.2 Å². The maximum Gasteiger partial charge on any atom is 0.249 e. The SMILES string of the molecule is Cc1cc2sc(=NC(=O)CC(c3ccccc3)c3ccccc3)n(C)c2cc1C. The molecule has 0 bridgehead atoms. The summed E-state index contributed by atoms with van der Waals surface area (Å²) in [6.07, 6.45) is 0.348. The summed E-state index contributed by atoms with van der Waals surface area (Å²) in [7, 11) is 1.98. The van der Waals surface area contributed by atoms with E-state index in [0.29, 0.717) is 6.42 Å². The van der Waals surface area contributed by atoms with Gasteiger partial charge in [0.1, 0.15) is 0 Å². The van der Waals surface area contributed by atoms with Crippen molar-refractivity contribution in [1.82, 2.24) is 4.57 Å². The fraction of sp³-hybridized carbons (Fsp3) is 0.200. The van der Waals surface area contributed by atoms with Gasteiger partial charge in [0, 0.05) is 19.4 Å². The standard InChI is InChI=1S/C25H24N2OS/c1-17-14-22-23(15-18(17)2)29-25(27(22)3)26-24(28)16-21(19-10-6-4-7-11-19)20-12-8-5-9-13-20/h4-15,21H,16H2,1-3H3. The highest BCUT2D eigenvalue weighted by atomic mass is 32.1. The molecule has 3 nitrogen and oxygen atoms in total. The Balaban J connectivity index is 1.70. The number of rotatable bonds is 4. The van der Waals surface area contributed by atoms with E-state index in [1.807, 2.05) is 48.0 Å². The van der Waals surface area contributed by atoms with Gasteiger partial charge in [-0.1, -0.05) is 72.0 Å². The number of aromatic nitrogens is 1. The van der Waals surface area contributed by atoms with Crippen LogP contribution in [0.2, 0.25) is 0 Å². The molecule has 0 saturated heterocycles. The Morgan fingerprint density at radius 3 is 2.07 bits per heavy atom. The number of hydrogen-bond donors (Lipinski definition) is 0. The van der Waals surface area contributed by atoms with Gasteiger partial charge >= 0.3 is 0 Å². The average Bonchev–Trinajstić information content (AvgIpc) is 3.02. The highest BCUT2D eigenvalue weighted by Crippen LogP contribution is 2.28. The van der Waals surface area contributed by atoms with E-state index in [-0.39, 0.29) is 11.8 Å². The topological polar surface area (TPSA) is 34.4 Å². The zero-order valence-electron chi connectivity index (χ0n) is 16.9. The molecule has 4 aromatic rings. The van der Waals surface area contributed by atoms with E-state index in [0.717, 1.165) is 26.1 Å². The summed E-state index contributed by atoms with van der Waals surface area (Å²) < 4.78 is 3.18. The van der Waals surface area contributed by atoms with Gasteiger partial charge in [-0.25, -0.2) is 0 Å². The molecule has 4 heteroatoms. The van der Waals surface area contributed by atoms with Crippen LogP contribution in [0.4, 0.5) is 0 Å². The van der Waals surface area contributed by atoms with Gasteiger partial charge in [0.05, 0.1) is 10.2 Å². The number of carbonyl (C=O) groups is 1. The molecule has 4 rings (SSSR count). The lowest BCUT2D eigenvalue weighted by Gasteiger charge is -2.16. The van der Waals surface area contributed by atoms with Crippen LogP contribution in [0.15, 0.2) is 77.8 Å². The van der Waals surface area contributed by atoms with Crippen molar-refractivity contribution in [3.8, 4) is 0 Å². The molecule has 1 aromatic heterocycles. The Morgan fingerprint density at radius 2 is 1.48 bits per heavy atom. The van der Waals surface area contributed by atoms with Gasteiger partial charge in [-0.15, -0.1) is 0 Å². The van der Waals surface area contributed by atoms with Gasteiger partial charge in [0.15, 0.2) is 4.80 Å². The van der Waals surface area contributed by atoms with Gasteiger partial charge in [0.2, 0.25) is 5.91 Å². The molecule has 3 aromatic carbocycles. The number of nitrogens with zero attached hydrogens (tertiary/aromatic N) is 2. The van der Waals surface area contributed by atoms with Crippen LogP contribution < -0.4 is 4.80 Å². The fourth-order valence-electron chi connectivity index (χ4n) is 3.61. The monoisotopic (exact) mass is 400 g/mol. The largest absolute Gasteiger partial charge is 0.319 e. The van der Waals surface area contributed by atoms with Crippen LogP contribution in [0, 0.1) is 13.8 Å². The highest BCUT2D eigenvalue weighted by Gasteiger charge is 2.18. The second kappa shape index (κ2) is 8.18. The van der Waals surface area contributed by atoms with Crippen LogP contribution in [-0.4, -0.2) is 10.5 Å². The smallest absolute Gasteiger partial charge is 0.249 e. The summed E-state index contributed by atoms with van der Waals surface area (Å²) in [5, 5.41) is 0. The minimum absolute atomic E-state index is 0.00202. The van der Waals surface area contributed by atoms with Crippen molar-refractivity contribution in [2.45, 2.75) is 26.2 Å². The second-order valence-corrected chi connectivity index (χ2v) is 8.44. The molecular formula is C25H24N2OS. The number of aryl methyl sites for hydroxylation is 3. The van der Waals surface area contributed by atoms with E-state index < -0.39 is 0 Å². The van der Waals surface area contributed by atoms with Crippen molar-refractivity contribution in [1.29, 1.82) is 0 Å². The number of amides is 1. The van der Waals surface area contributed by atoms with Crippen molar-refractivity contribution < 1.29 is 4.79 Å². The second-order valence-electron chi connectivity index (χ2n) is 7.43. The molecule has 0 aliphatic rings. The number of hydrogen-bond acceptors (Lipinski definition) is 2. The molecule has 1 amide bonds. The molecule has 29 heavy (non-hydrogen) atoms. The summed E-state index contributed by atoms with van der Waals surface area (Å²) in [6.45, 7) is 4.22. The first-order chi connectivity index (χ1) is 14.0. The normalized spacial score (nSPS) is 12.1. The quantitative estimate of drug-likeness (QED) is 0.445. The zero-order valence-corrected chi connectivity index (χ0v) is 17.7. The minimum atomic E-state index is -0.0988. The van der Waals surface area contributed by atoms with E-state index in [9.17, 15) is 4.79 Å². The summed E-state index contributed by atoms with van der Waals surface area (Å²) in [6, 6.07) is 24.7. The molecule has 0 aliphatic heterocycles. The van der Waals surface area contributed by atoms with Gasteiger partial charge in [-0.2, -0.15) is 4.99 Å². The van der Waals surface area contributed by atoms with Gasteiger partial charge in [-0.3, -0.25) is 4.79 Å². The van der Waals surface area contributed by atoms with Crippen LogP contribution in [-0.2, 0) is 11.8 Å². The maximum absolute atomic E-state index is 13.0. The first kappa shape index (κ1) is 19.3. The van der Waals surface area contributed by atoms with E-state index in [1.54, 1.807) is 11.3 Å². The maximum atomic E-state index is 13.0. The number of benzene rings is 3. The zero-order chi connectivity index (χ0) is 20.4. The molecule has 1 heterocycles. The van der Waals surface area contributed by atoms with Gasteiger partial charge < -0.3 is 4.57 Å². The van der Waals surface area contributed by atoms with E-state index in [1.165, 1.54) is 11.1 Å². The summed E-state index contributed by atoms with van der Waals surface area (Å²) >= 11 is 1.57. The highest BCUT2D eigenvalue weighted by molar-refractivity contribution is 7.16. The van der Waals surface area contributed by atoms with Crippen molar-refractivity contribution in [2.24, 2.45) is 12.0 Å². The molecule has 0 fully saturated rings. The van der Waals surface area contributed by atoms with Crippen LogP contribution in [0.3, 0.4) is 0 Å². The molecule has 0 unspecified atom stereocenters. The molecule has 0 aliphatic carbocycles. The van der Waals surface area contributed by atoms with Gasteiger partial charge in [-0.05, 0) is 48.2 Å². The van der Waals surface area contributed by atoms with E-state index >= 15 is 0 Å². The van der Waals surface area contributed by atoms with E-state index in [4.69, 9.17) is 0 Å². The third-order valence-corrected chi connectivity index (χ3v) is 6.52. The lowest BCUT2D eigenvalue weighted by atomic mass is 9.88. The summed E-state index contributed by atoms with van der Waals surface area (Å²) in [5.74, 6) is -0.101. The molecule has 0 atom stereocenters. The van der Waals surface area contributed by atoms with Crippen molar-refractivity contribution in [2.75, 3.05) is 0 Å². The third kappa shape index (κ3) is 4.08. The van der Waals surface area contributed by atoms with Crippen molar-refractivity contribution in [3.05, 3.63) is 99.9 Å².